The van der Waals surface area contributed by atoms with Crippen LogP contribution in [0.1, 0.15) is 16.1 Å². The molecule has 0 aliphatic rings. The summed E-state index contributed by atoms with van der Waals surface area (Å²) in [4.78, 5) is 11.2. The van der Waals surface area contributed by atoms with Gasteiger partial charge in [-0.1, -0.05) is 17.3 Å². The van der Waals surface area contributed by atoms with Gasteiger partial charge in [0.05, 0.1) is 18.6 Å². The first kappa shape index (κ1) is 11.7. The summed E-state index contributed by atoms with van der Waals surface area (Å²) in [6.45, 7) is 0. The van der Waals surface area contributed by atoms with E-state index in [0.29, 0.717) is 17.0 Å². The number of rotatable bonds is 3. The van der Waals surface area contributed by atoms with Crippen molar-refractivity contribution in [1.29, 1.82) is 0 Å². The van der Waals surface area contributed by atoms with Crippen molar-refractivity contribution in [3.05, 3.63) is 41.7 Å². The summed E-state index contributed by atoms with van der Waals surface area (Å²) in [7, 11) is 1.35. The highest BCUT2D eigenvalue weighted by Crippen LogP contribution is 2.20. The lowest BCUT2D eigenvalue weighted by molar-refractivity contribution is 0.0601. The van der Waals surface area contributed by atoms with Crippen LogP contribution in [0.5, 0.6) is 0 Å². The second-order valence-corrected chi connectivity index (χ2v) is 3.65. The van der Waals surface area contributed by atoms with Crippen molar-refractivity contribution >= 4 is 17.6 Å². The van der Waals surface area contributed by atoms with Crippen molar-refractivity contribution in [1.82, 2.24) is 5.16 Å². The highest BCUT2D eigenvalue weighted by atomic mass is 35.5. The molecule has 0 spiro atoms. The fourth-order valence-corrected chi connectivity index (χ4v) is 1.53. The van der Waals surface area contributed by atoms with Gasteiger partial charge >= 0.3 is 5.97 Å². The first-order chi connectivity index (χ1) is 8.24. The van der Waals surface area contributed by atoms with Crippen molar-refractivity contribution in [2.45, 2.75) is 5.88 Å². The van der Waals surface area contributed by atoms with E-state index in [4.69, 9.17) is 16.1 Å². The number of aromatic nitrogens is 1. The Morgan fingerprint density at radius 2 is 2.12 bits per heavy atom. The molecular formula is C12H10ClNO3. The molecule has 0 fully saturated rings. The third-order valence-corrected chi connectivity index (χ3v) is 2.56. The smallest absolute Gasteiger partial charge is 0.337 e. The Morgan fingerprint density at radius 1 is 1.41 bits per heavy atom. The molecule has 1 aromatic heterocycles. The minimum absolute atomic E-state index is 0.285. The number of ether oxygens (including phenoxy) is 1. The molecular weight excluding hydrogens is 242 g/mol. The predicted octanol–water partition coefficient (Wildman–Crippen LogP) is 2.87. The molecule has 1 heterocycles. The molecule has 0 aliphatic heterocycles. The lowest BCUT2D eigenvalue weighted by Crippen LogP contribution is -2.00. The van der Waals surface area contributed by atoms with E-state index in [0.717, 1.165) is 5.56 Å². The van der Waals surface area contributed by atoms with Gasteiger partial charge < -0.3 is 9.26 Å². The molecule has 0 N–H and O–H groups in total. The second-order valence-electron chi connectivity index (χ2n) is 3.38. The summed E-state index contributed by atoms with van der Waals surface area (Å²) >= 11 is 5.62. The maximum Gasteiger partial charge on any atom is 0.337 e. The molecule has 2 aromatic rings. The van der Waals surface area contributed by atoms with Crippen LogP contribution >= 0.6 is 11.6 Å². The van der Waals surface area contributed by atoms with Crippen LogP contribution in [-0.4, -0.2) is 18.2 Å². The van der Waals surface area contributed by atoms with E-state index in [1.807, 2.05) is 0 Å². The van der Waals surface area contributed by atoms with Crippen LogP contribution in [0.15, 0.2) is 34.9 Å². The van der Waals surface area contributed by atoms with Gasteiger partial charge in [0.2, 0.25) is 0 Å². The van der Waals surface area contributed by atoms with E-state index >= 15 is 0 Å². The van der Waals surface area contributed by atoms with Gasteiger partial charge in [-0.25, -0.2) is 4.79 Å². The standard InChI is InChI=1S/C12H10ClNO3/c1-16-12(15)9-4-2-8(3-5-9)11-6-10(7-13)17-14-11/h2-6H,7H2,1H3. The van der Waals surface area contributed by atoms with E-state index in [2.05, 4.69) is 9.89 Å². The van der Waals surface area contributed by atoms with Gasteiger partial charge in [0.15, 0.2) is 5.76 Å². The molecule has 1 aromatic carbocycles. The summed E-state index contributed by atoms with van der Waals surface area (Å²) < 4.78 is 9.61. The van der Waals surface area contributed by atoms with Crippen LogP contribution in [0.4, 0.5) is 0 Å². The number of carbonyl (C=O) groups is 1. The highest BCUT2D eigenvalue weighted by Gasteiger charge is 2.08. The Bertz CT molecular complexity index is 519. The number of halogens is 1. The normalized spacial score (nSPS) is 10.2. The van der Waals surface area contributed by atoms with Crippen molar-refractivity contribution in [3.63, 3.8) is 0 Å². The lowest BCUT2D eigenvalue weighted by atomic mass is 10.1. The molecule has 0 bridgehead atoms. The predicted molar refractivity (Wildman–Crippen MR) is 62.8 cm³/mol. The van der Waals surface area contributed by atoms with Crippen LogP contribution in [0.3, 0.4) is 0 Å². The number of hydrogen-bond donors (Lipinski definition) is 0. The Balaban J connectivity index is 2.25. The number of carbonyl (C=O) groups excluding carboxylic acids is 1. The third kappa shape index (κ3) is 2.47. The summed E-state index contributed by atoms with van der Waals surface area (Å²) in [6, 6.07) is 8.68. The van der Waals surface area contributed by atoms with Gasteiger partial charge in [-0.2, -0.15) is 0 Å². The Labute approximate surface area is 103 Å². The van der Waals surface area contributed by atoms with Crippen LogP contribution in [-0.2, 0) is 10.6 Å². The second kappa shape index (κ2) is 5.01. The molecule has 0 unspecified atom stereocenters. The van der Waals surface area contributed by atoms with E-state index < -0.39 is 0 Å². The SMILES string of the molecule is COC(=O)c1ccc(-c2cc(CCl)on2)cc1. The molecule has 0 amide bonds. The zero-order valence-corrected chi connectivity index (χ0v) is 9.90. The molecule has 0 saturated carbocycles. The molecule has 0 atom stereocenters. The number of hydrogen-bond acceptors (Lipinski definition) is 4. The van der Waals surface area contributed by atoms with Crippen molar-refractivity contribution < 1.29 is 14.1 Å². The summed E-state index contributed by atoms with van der Waals surface area (Å²) in [5.74, 6) is 0.532. The van der Waals surface area contributed by atoms with Crippen LogP contribution in [0, 0.1) is 0 Å². The fraction of sp³-hybridized carbons (Fsp3) is 0.167. The van der Waals surface area contributed by atoms with Gasteiger partial charge in [-0.05, 0) is 12.1 Å². The molecule has 17 heavy (non-hydrogen) atoms. The van der Waals surface area contributed by atoms with Crippen molar-refractivity contribution in [2.75, 3.05) is 7.11 Å². The number of methoxy groups -OCH3 is 1. The molecule has 0 saturated heterocycles. The topological polar surface area (TPSA) is 52.3 Å². The van der Waals surface area contributed by atoms with E-state index in [-0.39, 0.29) is 11.8 Å². The molecule has 4 nitrogen and oxygen atoms in total. The van der Waals surface area contributed by atoms with E-state index in [1.165, 1.54) is 7.11 Å². The zero-order valence-electron chi connectivity index (χ0n) is 9.14. The van der Waals surface area contributed by atoms with Gasteiger partial charge in [-0.15, -0.1) is 11.6 Å². The Hall–Kier alpha value is -1.81. The highest BCUT2D eigenvalue weighted by molar-refractivity contribution is 6.16. The minimum Gasteiger partial charge on any atom is -0.465 e. The lowest BCUT2D eigenvalue weighted by Gasteiger charge is -1.99. The molecule has 88 valence electrons. The zero-order chi connectivity index (χ0) is 12.3. The van der Waals surface area contributed by atoms with Crippen LogP contribution in [0.2, 0.25) is 0 Å². The van der Waals surface area contributed by atoms with Crippen LogP contribution in [0.25, 0.3) is 11.3 Å². The first-order valence-electron chi connectivity index (χ1n) is 4.95. The number of nitrogens with zero attached hydrogens (tertiary/aromatic N) is 1. The van der Waals surface area contributed by atoms with Crippen molar-refractivity contribution in [2.24, 2.45) is 0 Å². The molecule has 2 rings (SSSR count). The number of esters is 1. The Morgan fingerprint density at radius 3 is 2.65 bits per heavy atom. The number of benzene rings is 1. The largest absolute Gasteiger partial charge is 0.465 e. The third-order valence-electron chi connectivity index (χ3n) is 2.29. The fourth-order valence-electron chi connectivity index (χ4n) is 1.41. The molecule has 5 heteroatoms. The van der Waals surface area contributed by atoms with Gasteiger partial charge in [-0.3, -0.25) is 0 Å². The Kier molecular flexibility index (Phi) is 3.44. The maximum absolute atomic E-state index is 11.2. The minimum atomic E-state index is -0.363. The van der Waals surface area contributed by atoms with E-state index in [9.17, 15) is 4.79 Å². The summed E-state index contributed by atoms with van der Waals surface area (Å²) in [5, 5.41) is 3.88. The van der Waals surface area contributed by atoms with Gasteiger partial charge in [0, 0.05) is 11.6 Å². The maximum atomic E-state index is 11.2. The van der Waals surface area contributed by atoms with Crippen LogP contribution < -0.4 is 0 Å². The average molecular weight is 252 g/mol. The summed E-state index contributed by atoms with van der Waals surface area (Å²) in [5.41, 5.74) is 2.05. The molecule has 0 radical (unpaired) electrons. The van der Waals surface area contributed by atoms with Gasteiger partial charge in [0.1, 0.15) is 5.69 Å². The molecule has 0 aliphatic carbocycles. The summed E-state index contributed by atoms with van der Waals surface area (Å²) in [6.07, 6.45) is 0. The average Bonchev–Trinajstić information content (AvgIpc) is 2.87. The first-order valence-corrected chi connectivity index (χ1v) is 5.48. The number of alkyl halides is 1. The van der Waals surface area contributed by atoms with E-state index in [1.54, 1.807) is 30.3 Å². The van der Waals surface area contributed by atoms with Crippen molar-refractivity contribution in [3.8, 4) is 11.3 Å². The monoisotopic (exact) mass is 251 g/mol. The van der Waals surface area contributed by atoms with Gasteiger partial charge in [0.25, 0.3) is 0 Å². The quantitative estimate of drug-likeness (QED) is 0.622.